The second-order valence-electron chi connectivity index (χ2n) is 5.06. The summed E-state index contributed by atoms with van der Waals surface area (Å²) in [5.41, 5.74) is 4.24. The van der Waals surface area contributed by atoms with Gasteiger partial charge in [-0.05, 0) is 36.6 Å². The molecule has 4 nitrogen and oxygen atoms in total. The molecule has 106 valence electrons. The molecule has 3 rings (SSSR count). The number of benzene rings is 1. The molecule has 2 aromatic heterocycles. The fourth-order valence-corrected chi connectivity index (χ4v) is 2.54. The zero-order chi connectivity index (χ0) is 14.7. The van der Waals surface area contributed by atoms with Crippen LogP contribution < -0.4 is 5.32 Å². The summed E-state index contributed by atoms with van der Waals surface area (Å²) in [5.74, 6) is 0.788. The van der Waals surface area contributed by atoms with Gasteiger partial charge in [0.25, 0.3) is 0 Å². The van der Waals surface area contributed by atoms with Crippen molar-refractivity contribution in [2.75, 3.05) is 5.32 Å². The summed E-state index contributed by atoms with van der Waals surface area (Å²) in [6.07, 6.45) is 4.33. The predicted molar refractivity (Wildman–Crippen MR) is 85.2 cm³/mol. The van der Waals surface area contributed by atoms with Gasteiger partial charge in [-0.15, -0.1) is 0 Å². The van der Waals surface area contributed by atoms with Crippen molar-refractivity contribution in [3.05, 3.63) is 60.0 Å². The second kappa shape index (κ2) is 5.87. The van der Waals surface area contributed by atoms with Gasteiger partial charge >= 0.3 is 0 Å². The Morgan fingerprint density at radius 2 is 1.90 bits per heavy atom. The normalized spacial score (nSPS) is 12.3. The van der Waals surface area contributed by atoms with E-state index in [9.17, 15) is 0 Å². The van der Waals surface area contributed by atoms with Gasteiger partial charge in [-0.25, -0.2) is 9.97 Å². The number of pyridine rings is 1. The third-order valence-electron chi connectivity index (χ3n) is 3.68. The third-order valence-corrected chi connectivity index (χ3v) is 3.68. The first-order chi connectivity index (χ1) is 10.3. The molecule has 0 radical (unpaired) electrons. The van der Waals surface area contributed by atoms with Crippen LogP contribution in [0.15, 0.2) is 48.9 Å². The van der Waals surface area contributed by atoms with E-state index in [1.54, 1.807) is 12.5 Å². The molecule has 4 heteroatoms. The van der Waals surface area contributed by atoms with E-state index in [1.807, 2.05) is 12.1 Å². The number of fused-ring (bicyclic) bond motifs is 1. The summed E-state index contributed by atoms with van der Waals surface area (Å²) in [7, 11) is 0. The van der Waals surface area contributed by atoms with E-state index in [0.717, 1.165) is 23.3 Å². The summed E-state index contributed by atoms with van der Waals surface area (Å²) < 4.78 is 0. The lowest BCUT2D eigenvalue weighted by Gasteiger charge is -2.20. The standard InChI is InChI=1S/C17H18N4/c1-3-14(13-8-5-4-7-12(13)2)21-17-16-15(19-11-20-17)9-6-10-18-16/h4-11,14H,3H2,1-2H3,(H,19,20,21). The molecule has 2 heterocycles. The molecule has 21 heavy (non-hydrogen) atoms. The first-order valence-electron chi connectivity index (χ1n) is 7.17. The van der Waals surface area contributed by atoms with Crippen molar-refractivity contribution in [1.82, 2.24) is 15.0 Å². The van der Waals surface area contributed by atoms with Crippen LogP contribution in [0.1, 0.15) is 30.5 Å². The first-order valence-corrected chi connectivity index (χ1v) is 7.17. The van der Waals surface area contributed by atoms with Crippen LogP contribution in [0.3, 0.4) is 0 Å². The number of rotatable bonds is 4. The summed E-state index contributed by atoms with van der Waals surface area (Å²) in [4.78, 5) is 13.0. The highest BCUT2D eigenvalue weighted by Gasteiger charge is 2.14. The maximum atomic E-state index is 4.40. The Hall–Kier alpha value is -2.49. The van der Waals surface area contributed by atoms with Crippen molar-refractivity contribution in [2.45, 2.75) is 26.3 Å². The maximum absolute atomic E-state index is 4.40. The lowest BCUT2D eigenvalue weighted by Crippen LogP contribution is -2.12. The highest BCUT2D eigenvalue weighted by molar-refractivity contribution is 5.84. The number of aromatic nitrogens is 3. The Morgan fingerprint density at radius 3 is 2.71 bits per heavy atom. The van der Waals surface area contributed by atoms with Crippen molar-refractivity contribution in [3.63, 3.8) is 0 Å². The Bertz CT molecular complexity index is 749. The highest BCUT2D eigenvalue weighted by atomic mass is 15.1. The minimum Gasteiger partial charge on any atom is -0.361 e. The molecular formula is C17H18N4. The van der Waals surface area contributed by atoms with Gasteiger partial charge in [-0.3, -0.25) is 4.98 Å². The zero-order valence-corrected chi connectivity index (χ0v) is 12.2. The SMILES string of the molecule is CCC(Nc1ncnc2cccnc12)c1ccccc1C. The van der Waals surface area contributed by atoms with Crippen LogP contribution in [0.4, 0.5) is 5.82 Å². The van der Waals surface area contributed by atoms with Crippen LogP contribution >= 0.6 is 0 Å². The molecule has 0 saturated heterocycles. The van der Waals surface area contributed by atoms with E-state index >= 15 is 0 Å². The van der Waals surface area contributed by atoms with E-state index in [-0.39, 0.29) is 6.04 Å². The van der Waals surface area contributed by atoms with Gasteiger partial charge < -0.3 is 5.32 Å². The van der Waals surface area contributed by atoms with Crippen LogP contribution in [0.5, 0.6) is 0 Å². The van der Waals surface area contributed by atoms with Crippen LogP contribution in [-0.4, -0.2) is 15.0 Å². The molecule has 0 aliphatic carbocycles. The smallest absolute Gasteiger partial charge is 0.156 e. The molecule has 3 aromatic rings. The third kappa shape index (κ3) is 2.70. The zero-order valence-electron chi connectivity index (χ0n) is 12.2. The van der Waals surface area contributed by atoms with Crippen molar-refractivity contribution >= 4 is 16.9 Å². The summed E-state index contributed by atoms with van der Waals surface area (Å²) in [6, 6.07) is 12.5. The number of anilines is 1. The average molecular weight is 278 g/mol. The molecule has 0 bridgehead atoms. The van der Waals surface area contributed by atoms with E-state index in [4.69, 9.17) is 0 Å². The van der Waals surface area contributed by atoms with Gasteiger partial charge in [0, 0.05) is 6.20 Å². The van der Waals surface area contributed by atoms with Gasteiger partial charge in [0.05, 0.1) is 11.6 Å². The molecule has 1 aromatic carbocycles. The Kier molecular flexibility index (Phi) is 3.77. The van der Waals surface area contributed by atoms with Crippen molar-refractivity contribution in [3.8, 4) is 0 Å². The van der Waals surface area contributed by atoms with Gasteiger partial charge in [-0.1, -0.05) is 31.2 Å². The minimum atomic E-state index is 0.214. The Labute approximate surface area is 124 Å². The lowest BCUT2D eigenvalue weighted by molar-refractivity contribution is 0.740. The number of nitrogens with one attached hydrogen (secondary N) is 1. The fraction of sp³-hybridized carbons (Fsp3) is 0.235. The van der Waals surface area contributed by atoms with Crippen molar-refractivity contribution in [2.24, 2.45) is 0 Å². The van der Waals surface area contributed by atoms with Gasteiger partial charge in [0.2, 0.25) is 0 Å². The number of hydrogen-bond acceptors (Lipinski definition) is 4. The molecule has 0 aliphatic rings. The molecule has 1 atom stereocenters. The summed E-state index contributed by atoms with van der Waals surface area (Å²) in [5, 5.41) is 3.52. The predicted octanol–water partition coefficient (Wildman–Crippen LogP) is 3.90. The van der Waals surface area contributed by atoms with Gasteiger partial charge in [-0.2, -0.15) is 0 Å². The molecule has 0 aliphatic heterocycles. The lowest BCUT2D eigenvalue weighted by atomic mass is 9.99. The van der Waals surface area contributed by atoms with E-state index < -0.39 is 0 Å². The Morgan fingerprint density at radius 1 is 1.05 bits per heavy atom. The molecule has 1 N–H and O–H groups in total. The number of hydrogen-bond donors (Lipinski definition) is 1. The molecule has 0 saturated carbocycles. The van der Waals surface area contributed by atoms with E-state index in [1.165, 1.54) is 11.1 Å². The summed E-state index contributed by atoms with van der Waals surface area (Å²) in [6.45, 7) is 4.30. The quantitative estimate of drug-likeness (QED) is 0.786. The molecule has 0 fully saturated rings. The maximum Gasteiger partial charge on any atom is 0.156 e. The molecule has 0 spiro atoms. The van der Waals surface area contributed by atoms with Crippen LogP contribution in [0, 0.1) is 6.92 Å². The van der Waals surface area contributed by atoms with Crippen LogP contribution in [0.2, 0.25) is 0 Å². The minimum absolute atomic E-state index is 0.214. The number of aryl methyl sites for hydroxylation is 1. The van der Waals surface area contributed by atoms with Crippen molar-refractivity contribution < 1.29 is 0 Å². The van der Waals surface area contributed by atoms with E-state index in [2.05, 4.69) is 58.4 Å². The number of nitrogens with zero attached hydrogens (tertiary/aromatic N) is 3. The first kappa shape index (κ1) is 13.5. The van der Waals surface area contributed by atoms with Crippen LogP contribution in [0.25, 0.3) is 11.0 Å². The molecular weight excluding hydrogens is 260 g/mol. The highest BCUT2D eigenvalue weighted by Crippen LogP contribution is 2.26. The van der Waals surface area contributed by atoms with E-state index in [0.29, 0.717) is 0 Å². The molecule has 1 unspecified atom stereocenters. The molecule has 0 amide bonds. The van der Waals surface area contributed by atoms with Crippen LogP contribution in [-0.2, 0) is 0 Å². The average Bonchev–Trinajstić information content (AvgIpc) is 2.53. The van der Waals surface area contributed by atoms with Crippen molar-refractivity contribution in [1.29, 1.82) is 0 Å². The monoisotopic (exact) mass is 278 g/mol. The Balaban J connectivity index is 1.98. The largest absolute Gasteiger partial charge is 0.361 e. The van der Waals surface area contributed by atoms with Gasteiger partial charge in [0.15, 0.2) is 5.82 Å². The van der Waals surface area contributed by atoms with Gasteiger partial charge in [0.1, 0.15) is 11.8 Å². The fourth-order valence-electron chi connectivity index (χ4n) is 2.54. The summed E-state index contributed by atoms with van der Waals surface area (Å²) >= 11 is 0. The topological polar surface area (TPSA) is 50.7 Å². The second-order valence-corrected chi connectivity index (χ2v) is 5.06.